The highest BCUT2D eigenvalue weighted by atomic mass is 32.2. The lowest BCUT2D eigenvalue weighted by Crippen LogP contribution is -2.42. The lowest BCUT2D eigenvalue weighted by atomic mass is 10.0. The summed E-state index contributed by atoms with van der Waals surface area (Å²) in [6, 6.07) is -0.165. The molecule has 1 N–H and O–H groups in total. The molecule has 0 radical (unpaired) electrons. The first-order chi connectivity index (χ1) is 6.63. The molecule has 0 amide bonds. The average Bonchev–Trinajstić information content (AvgIpc) is 2.16. The summed E-state index contributed by atoms with van der Waals surface area (Å²) < 4.78 is 4.72. The smallest absolute Gasteiger partial charge is 0.323 e. The number of carbonyl (C=O) groups is 1. The molecule has 0 aliphatic rings. The van der Waals surface area contributed by atoms with E-state index in [1.807, 2.05) is 25.6 Å². The van der Waals surface area contributed by atoms with Crippen LogP contribution in [0.4, 0.5) is 0 Å². The molecule has 1 unspecified atom stereocenters. The van der Waals surface area contributed by atoms with Crippen molar-refractivity contribution < 1.29 is 9.53 Å². The fourth-order valence-electron chi connectivity index (χ4n) is 1.19. The first-order valence-corrected chi connectivity index (χ1v) is 6.33. The maximum Gasteiger partial charge on any atom is 0.323 e. The number of methoxy groups -OCH3 is 1. The molecule has 0 saturated heterocycles. The van der Waals surface area contributed by atoms with E-state index in [0.29, 0.717) is 0 Å². The standard InChI is InChI=1S/C10H21NO2S/c1-8(2)9(10(12)13-3)11-6-5-7-14-4/h8-9,11H,5-7H2,1-4H3. The predicted molar refractivity (Wildman–Crippen MR) is 61.6 cm³/mol. The van der Waals surface area contributed by atoms with E-state index in [2.05, 4.69) is 11.6 Å². The Morgan fingerprint density at radius 3 is 2.57 bits per heavy atom. The van der Waals surface area contributed by atoms with Crippen LogP contribution in [0.5, 0.6) is 0 Å². The molecule has 0 aromatic heterocycles. The van der Waals surface area contributed by atoms with Crippen LogP contribution >= 0.6 is 11.8 Å². The van der Waals surface area contributed by atoms with Crippen LogP contribution in [-0.2, 0) is 9.53 Å². The predicted octanol–water partition coefficient (Wildman–Crippen LogP) is 1.53. The summed E-state index contributed by atoms with van der Waals surface area (Å²) in [5, 5.41) is 3.22. The largest absolute Gasteiger partial charge is 0.468 e. The molecule has 0 aromatic rings. The average molecular weight is 219 g/mol. The molecule has 0 heterocycles. The summed E-state index contributed by atoms with van der Waals surface area (Å²) in [6.45, 7) is 4.91. The highest BCUT2D eigenvalue weighted by Crippen LogP contribution is 2.04. The maximum absolute atomic E-state index is 11.3. The number of thioether (sulfide) groups is 1. The summed E-state index contributed by atoms with van der Waals surface area (Å²) in [4.78, 5) is 11.3. The van der Waals surface area contributed by atoms with Crippen LogP contribution in [-0.4, -0.2) is 37.7 Å². The summed E-state index contributed by atoms with van der Waals surface area (Å²) in [6.07, 6.45) is 3.17. The quantitative estimate of drug-likeness (QED) is 0.520. The van der Waals surface area contributed by atoms with Crippen molar-refractivity contribution in [3.63, 3.8) is 0 Å². The first kappa shape index (κ1) is 13.8. The van der Waals surface area contributed by atoms with Crippen molar-refractivity contribution in [3.8, 4) is 0 Å². The van der Waals surface area contributed by atoms with Crippen molar-refractivity contribution >= 4 is 17.7 Å². The van der Waals surface area contributed by atoms with Gasteiger partial charge in [0, 0.05) is 0 Å². The van der Waals surface area contributed by atoms with Crippen molar-refractivity contribution in [2.75, 3.05) is 25.7 Å². The molecule has 0 saturated carbocycles. The topological polar surface area (TPSA) is 38.3 Å². The zero-order chi connectivity index (χ0) is 11.0. The maximum atomic E-state index is 11.3. The lowest BCUT2D eigenvalue weighted by Gasteiger charge is -2.19. The third-order valence-electron chi connectivity index (χ3n) is 2.01. The molecule has 0 aliphatic heterocycles. The third-order valence-corrected chi connectivity index (χ3v) is 2.71. The minimum atomic E-state index is -0.165. The van der Waals surface area contributed by atoms with Gasteiger partial charge in [-0.25, -0.2) is 0 Å². The molecule has 0 rings (SSSR count). The zero-order valence-electron chi connectivity index (χ0n) is 9.50. The zero-order valence-corrected chi connectivity index (χ0v) is 10.3. The lowest BCUT2D eigenvalue weighted by molar-refractivity contribution is -0.144. The van der Waals surface area contributed by atoms with Gasteiger partial charge in [0.15, 0.2) is 0 Å². The number of carbonyl (C=O) groups excluding carboxylic acids is 1. The van der Waals surface area contributed by atoms with Crippen LogP contribution in [0.25, 0.3) is 0 Å². The Hall–Kier alpha value is -0.220. The number of esters is 1. The molecule has 0 aromatic carbocycles. The Bertz CT molecular complexity index is 162. The van der Waals surface area contributed by atoms with Crippen molar-refractivity contribution in [2.24, 2.45) is 5.92 Å². The van der Waals surface area contributed by atoms with Gasteiger partial charge in [0.05, 0.1) is 7.11 Å². The molecule has 1 atom stereocenters. The molecule has 84 valence electrons. The van der Waals surface area contributed by atoms with E-state index in [1.165, 1.54) is 7.11 Å². The second-order valence-corrected chi connectivity index (χ2v) is 4.53. The second kappa shape index (κ2) is 8.12. The normalized spacial score (nSPS) is 12.9. The summed E-state index contributed by atoms with van der Waals surface area (Å²) >= 11 is 1.82. The van der Waals surface area contributed by atoms with E-state index in [-0.39, 0.29) is 17.9 Å². The highest BCUT2D eigenvalue weighted by molar-refractivity contribution is 7.98. The van der Waals surface area contributed by atoms with E-state index in [9.17, 15) is 4.79 Å². The first-order valence-electron chi connectivity index (χ1n) is 4.93. The molecular formula is C10H21NO2S. The van der Waals surface area contributed by atoms with Crippen molar-refractivity contribution in [3.05, 3.63) is 0 Å². The van der Waals surface area contributed by atoms with Gasteiger partial charge in [-0.2, -0.15) is 11.8 Å². The number of hydrogen-bond donors (Lipinski definition) is 1. The van der Waals surface area contributed by atoms with Gasteiger partial charge in [-0.3, -0.25) is 4.79 Å². The molecule has 14 heavy (non-hydrogen) atoms. The van der Waals surface area contributed by atoms with Gasteiger partial charge in [-0.15, -0.1) is 0 Å². The van der Waals surface area contributed by atoms with E-state index >= 15 is 0 Å². The Morgan fingerprint density at radius 1 is 1.50 bits per heavy atom. The van der Waals surface area contributed by atoms with Crippen molar-refractivity contribution in [1.82, 2.24) is 5.32 Å². The van der Waals surface area contributed by atoms with Gasteiger partial charge >= 0.3 is 5.97 Å². The minimum absolute atomic E-state index is 0.163. The third kappa shape index (κ3) is 5.50. The number of ether oxygens (including phenoxy) is 1. The van der Waals surface area contributed by atoms with Gasteiger partial charge in [0.25, 0.3) is 0 Å². The highest BCUT2D eigenvalue weighted by Gasteiger charge is 2.21. The van der Waals surface area contributed by atoms with Crippen LogP contribution < -0.4 is 5.32 Å². The van der Waals surface area contributed by atoms with E-state index in [4.69, 9.17) is 4.74 Å². The van der Waals surface area contributed by atoms with Crippen LogP contribution in [0, 0.1) is 5.92 Å². The Morgan fingerprint density at radius 2 is 2.14 bits per heavy atom. The molecule has 3 nitrogen and oxygen atoms in total. The van der Waals surface area contributed by atoms with Crippen LogP contribution in [0.1, 0.15) is 20.3 Å². The molecule has 0 bridgehead atoms. The number of hydrogen-bond acceptors (Lipinski definition) is 4. The van der Waals surface area contributed by atoms with Crippen LogP contribution in [0.15, 0.2) is 0 Å². The van der Waals surface area contributed by atoms with E-state index in [1.54, 1.807) is 0 Å². The van der Waals surface area contributed by atoms with E-state index in [0.717, 1.165) is 18.7 Å². The SMILES string of the molecule is COC(=O)C(NCCCSC)C(C)C. The molecule has 4 heteroatoms. The Balaban J connectivity index is 3.80. The van der Waals surface area contributed by atoms with Crippen LogP contribution in [0.2, 0.25) is 0 Å². The minimum Gasteiger partial charge on any atom is -0.468 e. The molecular weight excluding hydrogens is 198 g/mol. The molecule has 0 fully saturated rings. The fourth-order valence-corrected chi connectivity index (χ4v) is 1.63. The van der Waals surface area contributed by atoms with Gasteiger partial charge in [-0.1, -0.05) is 13.8 Å². The Labute approximate surface area is 91.0 Å². The number of rotatable bonds is 7. The fraction of sp³-hybridized carbons (Fsp3) is 0.900. The van der Waals surface area contributed by atoms with Gasteiger partial charge in [-0.05, 0) is 30.9 Å². The summed E-state index contributed by atoms with van der Waals surface area (Å²) in [5.41, 5.74) is 0. The number of nitrogens with one attached hydrogen (secondary N) is 1. The Kier molecular flexibility index (Phi) is 7.99. The second-order valence-electron chi connectivity index (χ2n) is 3.55. The van der Waals surface area contributed by atoms with Crippen molar-refractivity contribution in [2.45, 2.75) is 26.3 Å². The van der Waals surface area contributed by atoms with Crippen LogP contribution in [0.3, 0.4) is 0 Å². The van der Waals surface area contributed by atoms with Gasteiger partial charge in [0.1, 0.15) is 6.04 Å². The summed E-state index contributed by atoms with van der Waals surface area (Å²) in [7, 11) is 1.43. The molecule has 0 aliphatic carbocycles. The van der Waals surface area contributed by atoms with E-state index < -0.39 is 0 Å². The van der Waals surface area contributed by atoms with Gasteiger partial charge in [0.2, 0.25) is 0 Å². The summed E-state index contributed by atoms with van der Waals surface area (Å²) in [5.74, 6) is 1.24. The molecule has 0 spiro atoms. The van der Waals surface area contributed by atoms with Crippen molar-refractivity contribution in [1.29, 1.82) is 0 Å². The monoisotopic (exact) mass is 219 g/mol. The van der Waals surface area contributed by atoms with Gasteiger partial charge < -0.3 is 10.1 Å².